The summed E-state index contributed by atoms with van der Waals surface area (Å²) in [6.07, 6.45) is 0.582. The van der Waals surface area contributed by atoms with Gasteiger partial charge in [-0.1, -0.05) is 66.6 Å². The number of carbonyl (C=O) groups excluding carboxylic acids is 2. The van der Waals surface area contributed by atoms with E-state index < -0.39 is 6.04 Å². The van der Waals surface area contributed by atoms with Gasteiger partial charge in [-0.3, -0.25) is 9.59 Å². The molecule has 0 heterocycles. The summed E-state index contributed by atoms with van der Waals surface area (Å²) in [6, 6.07) is 15.9. The van der Waals surface area contributed by atoms with Gasteiger partial charge in [0.15, 0.2) is 0 Å². The van der Waals surface area contributed by atoms with E-state index in [0.717, 1.165) is 11.3 Å². The van der Waals surface area contributed by atoms with Crippen molar-refractivity contribution in [1.82, 2.24) is 10.2 Å². The van der Waals surface area contributed by atoms with Crippen molar-refractivity contribution >= 4 is 23.6 Å². The Balaban J connectivity index is 2.11. The van der Waals surface area contributed by atoms with Crippen molar-refractivity contribution in [2.45, 2.75) is 65.4 Å². The molecule has 0 aliphatic carbocycles. The Hall–Kier alpha value is -2.27. The highest BCUT2D eigenvalue weighted by Gasteiger charge is 2.28. The van der Waals surface area contributed by atoms with Gasteiger partial charge in [0.1, 0.15) is 6.04 Å². The van der Waals surface area contributed by atoms with Gasteiger partial charge in [-0.25, -0.2) is 0 Å². The molecule has 2 amide bonds. The van der Waals surface area contributed by atoms with E-state index in [2.05, 4.69) is 37.4 Å². The van der Waals surface area contributed by atoms with Gasteiger partial charge >= 0.3 is 0 Å². The van der Waals surface area contributed by atoms with Gasteiger partial charge in [-0.15, -0.1) is 11.8 Å². The first kappa shape index (κ1) is 24.0. The molecule has 2 rings (SSSR count). The average molecular weight is 427 g/mol. The molecule has 0 aromatic heterocycles. The number of aryl methyl sites for hydroxylation is 2. The zero-order valence-corrected chi connectivity index (χ0v) is 19.6. The molecule has 2 aromatic carbocycles. The van der Waals surface area contributed by atoms with E-state index in [4.69, 9.17) is 0 Å². The van der Waals surface area contributed by atoms with Crippen molar-refractivity contribution in [3.8, 4) is 0 Å². The maximum atomic E-state index is 13.2. The van der Waals surface area contributed by atoms with E-state index in [1.165, 1.54) is 16.7 Å². The number of carbonyl (C=O) groups is 2. The quantitative estimate of drug-likeness (QED) is 0.590. The first-order chi connectivity index (χ1) is 14.3. The third-order valence-corrected chi connectivity index (χ3v) is 5.78. The molecule has 2 aromatic rings. The Morgan fingerprint density at radius 1 is 1.00 bits per heavy atom. The van der Waals surface area contributed by atoms with Crippen molar-refractivity contribution in [3.63, 3.8) is 0 Å². The van der Waals surface area contributed by atoms with E-state index in [-0.39, 0.29) is 17.9 Å². The van der Waals surface area contributed by atoms with Crippen molar-refractivity contribution in [2.75, 3.05) is 5.75 Å². The third kappa shape index (κ3) is 7.52. The van der Waals surface area contributed by atoms with Gasteiger partial charge in [0.2, 0.25) is 11.8 Å². The number of amides is 2. The van der Waals surface area contributed by atoms with Crippen LogP contribution in [0.1, 0.15) is 49.4 Å². The molecular weight excluding hydrogens is 392 g/mol. The SMILES string of the molecule is CCC(C(=O)NC(C)C)N(Cc1ccccc1)C(=O)CSCc1cc(C)cc(C)c1. The summed E-state index contributed by atoms with van der Waals surface area (Å²) in [5.74, 6) is 1.04. The summed E-state index contributed by atoms with van der Waals surface area (Å²) in [5.41, 5.74) is 4.73. The Morgan fingerprint density at radius 3 is 2.20 bits per heavy atom. The Bertz CT molecular complexity index is 816. The molecule has 162 valence electrons. The maximum absolute atomic E-state index is 13.2. The molecule has 0 fully saturated rings. The minimum atomic E-state index is -0.470. The lowest BCUT2D eigenvalue weighted by molar-refractivity contribution is -0.139. The summed E-state index contributed by atoms with van der Waals surface area (Å²) in [7, 11) is 0. The average Bonchev–Trinajstić information content (AvgIpc) is 2.67. The maximum Gasteiger partial charge on any atom is 0.243 e. The summed E-state index contributed by atoms with van der Waals surface area (Å²) >= 11 is 1.60. The molecule has 0 spiro atoms. The smallest absolute Gasteiger partial charge is 0.243 e. The highest BCUT2D eigenvalue weighted by atomic mass is 32.2. The predicted molar refractivity (Wildman–Crippen MR) is 126 cm³/mol. The number of hydrogen-bond donors (Lipinski definition) is 1. The summed E-state index contributed by atoms with van der Waals surface area (Å²) in [4.78, 5) is 27.7. The summed E-state index contributed by atoms with van der Waals surface area (Å²) < 4.78 is 0. The van der Waals surface area contributed by atoms with Crippen molar-refractivity contribution in [2.24, 2.45) is 0 Å². The second kappa shape index (κ2) is 11.8. The molecule has 1 unspecified atom stereocenters. The lowest BCUT2D eigenvalue weighted by Crippen LogP contribution is -2.50. The van der Waals surface area contributed by atoms with E-state index in [1.807, 2.05) is 51.1 Å². The predicted octanol–water partition coefficient (Wildman–Crippen LogP) is 4.87. The second-order valence-corrected chi connectivity index (χ2v) is 9.07. The van der Waals surface area contributed by atoms with E-state index >= 15 is 0 Å². The van der Waals surface area contributed by atoms with Crippen LogP contribution in [0, 0.1) is 13.8 Å². The fourth-order valence-corrected chi connectivity index (χ4v) is 4.42. The lowest BCUT2D eigenvalue weighted by Gasteiger charge is -2.31. The third-order valence-electron chi connectivity index (χ3n) is 4.79. The molecule has 1 atom stereocenters. The lowest BCUT2D eigenvalue weighted by atomic mass is 10.1. The minimum absolute atomic E-state index is 0.000941. The minimum Gasteiger partial charge on any atom is -0.352 e. The molecule has 0 saturated carbocycles. The zero-order chi connectivity index (χ0) is 22.1. The molecule has 0 radical (unpaired) electrons. The van der Waals surface area contributed by atoms with Crippen LogP contribution in [0.25, 0.3) is 0 Å². The van der Waals surface area contributed by atoms with Gasteiger partial charge in [0.25, 0.3) is 0 Å². The van der Waals surface area contributed by atoms with Crippen LogP contribution in [0.2, 0.25) is 0 Å². The van der Waals surface area contributed by atoms with Crippen LogP contribution in [0.4, 0.5) is 0 Å². The second-order valence-electron chi connectivity index (χ2n) is 8.08. The summed E-state index contributed by atoms with van der Waals surface area (Å²) in [5, 5.41) is 2.97. The van der Waals surface area contributed by atoms with E-state index in [1.54, 1.807) is 16.7 Å². The van der Waals surface area contributed by atoms with Crippen molar-refractivity contribution < 1.29 is 9.59 Å². The summed E-state index contributed by atoms with van der Waals surface area (Å²) in [6.45, 7) is 10.5. The molecule has 0 saturated heterocycles. The van der Waals surface area contributed by atoms with Crippen LogP contribution in [-0.4, -0.2) is 34.6 Å². The standard InChI is InChI=1S/C25H34N2O2S/c1-6-23(25(29)26-18(2)3)27(15-21-10-8-7-9-11-21)24(28)17-30-16-22-13-19(4)12-20(5)14-22/h7-14,18,23H,6,15-17H2,1-5H3,(H,26,29). The normalized spacial score (nSPS) is 11.9. The Kier molecular flexibility index (Phi) is 9.44. The molecule has 0 bridgehead atoms. The Morgan fingerprint density at radius 2 is 1.63 bits per heavy atom. The first-order valence-electron chi connectivity index (χ1n) is 10.6. The molecule has 1 N–H and O–H groups in total. The van der Waals surface area contributed by atoms with E-state index in [0.29, 0.717) is 18.7 Å². The highest BCUT2D eigenvalue weighted by Crippen LogP contribution is 2.19. The van der Waals surface area contributed by atoms with Crippen LogP contribution in [0.15, 0.2) is 48.5 Å². The topological polar surface area (TPSA) is 49.4 Å². The zero-order valence-electron chi connectivity index (χ0n) is 18.8. The van der Waals surface area contributed by atoms with Crippen LogP contribution < -0.4 is 5.32 Å². The van der Waals surface area contributed by atoms with Gasteiger partial charge < -0.3 is 10.2 Å². The van der Waals surface area contributed by atoms with Gasteiger partial charge in [-0.05, 0) is 45.2 Å². The van der Waals surface area contributed by atoms with Crippen LogP contribution in [0.3, 0.4) is 0 Å². The molecule has 30 heavy (non-hydrogen) atoms. The van der Waals surface area contributed by atoms with Crippen LogP contribution in [-0.2, 0) is 21.9 Å². The Labute approximate surface area is 185 Å². The van der Waals surface area contributed by atoms with Gasteiger partial charge in [0, 0.05) is 18.3 Å². The number of rotatable bonds is 10. The molecular formula is C25H34N2O2S. The monoisotopic (exact) mass is 426 g/mol. The fourth-order valence-electron chi connectivity index (χ4n) is 3.57. The number of thioether (sulfide) groups is 1. The molecule has 0 aliphatic heterocycles. The molecule has 5 heteroatoms. The molecule has 4 nitrogen and oxygen atoms in total. The fraction of sp³-hybridized carbons (Fsp3) is 0.440. The largest absolute Gasteiger partial charge is 0.352 e. The van der Waals surface area contributed by atoms with Crippen molar-refractivity contribution in [1.29, 1.82) is 0 Å². The highest BCUT2D eigenvalue weighted by molar-refractivity contribution is 7.99. The van der Waals surface area contributed by atoms with Crippen LogP contribution >= 0.6 is 11.8 Å². The number of benzene rings is 2. The number of nitrogens with one attached hydrogen (secondary N) is 1. The number of nitrogens with zero attached hydrogens (tertiary/aromatic N) is 1. The van der Waals surface area contributed by atoms with Gasteiger partial charge in [0.05, 0.1) is 5.75 Å². The first-order valence-corrected chi connectivity index (χ1v) is 11.7. The van der Waals surface area contributed by atoms with Crippen molar-refractivity contribution in [3.05, 3.63) is 70.8 Å². The number of hydrogen-bond acceptors (Lipinski definition) is 3. The van der Waals surface area contributed by atoms with Gasteiger partial charge in [-0.2, -0.15) is 0 Å². The van der Waals surface area contributed by atoms with Crippen LogP contribution in [0.5, 0.6) is 0 Å². The van der Waals surface area contributed by atoms with E-state index in [9.17, 15) is 9.59 Å². The molecule has 0 aliphatic rings.